The zero-order valence-electron chi connectivity index (χ0n) is 10.1. The molecule has 0 heterocycles. The summed E-state index contributed by atoms with van der Waals surface area (Å²) in [5, 5.41) is 0. The van der Waals surface area contributed by atoms with Crippen LogP contribution < -0.4 is 0 Å². The minimum absolute atomic E-state index is 0.169. The van der Waals surface area contributed by atoms with E-state index in [1.54, 1.807) is 7.11 Å². The van der Waals surface area contributed by atoms with Crippen LogP contribution in [0.2, 0.25) is 0 Å². The molecule has 3 heteroatoms. The molecule has 0 aromatic heterocycles. The van der Waals surface area contributed by atoms with Crippen molar-refractivity contribution < 1.29 is 14.3 Å². The van der Waals surface area contributed by atoms with Crippen molar-refractivity contribution in [3.63, 3.8) is 0 Å². The third-order valence-corrected chi connectivity index (χ3v) is 3.18. The van der Waals surface area contributed by atoms with E-state index in [9.17, 15) is 4.79 Å². The number of esters is 1. The maximum Gasteiger partial charge on any atom is 0.312 e. The van der Waals surface area contributed by atoms with Gasteiger partial charge < -0.3 is 9.47 Å². The van der Waals surface area contributed by atoms with Crippen molar-refractivity contribution >= 4 is 12.0 Å². The van der Waals surface area contributed by atoms with Gasteiger partial charge in [0.25, 0.3) is 0 Å². The van der Waals surface area contributed by atoms with Gasteiger partial charge in [0.15, 0.2) is 0 Å². The van der Waals surface area contributed by atoms with Crippen molar-refractivity contribution in [2.45, 2.75) is 12.0 Å². The smallest absolute Gasteiger partial charge is 0.312 e. The topological polar surface area (TPSA) is 35.5 Å². The quantitative estimate of drug-likeness (QED) is 0.747. The lowest BCUT2D eigenvalue weighted by molar-refractivity contribution is -0.143. The summed E-state index contributed by atoms with van der Waals surface area (Å²) < 4.78 is 10.1. The first-order valence-corrected chi connectivity index (χ1v) is 5.59. The van der Waals surface area contributed by atoms with Crippen molar-refractivity contribution in [1.82, 2.24) is 0 Å². The van der Waals surface area contributed by atoms with Gasteiger partial charge in [0, 0.05) is 7.11 Å². The summed E-state index contributed by atoms with van der Waals surface area (Å²) in [5.74, 6) is -0.373. The van der Waals surface area contributed by atoms with Gasteiger partial charge >= 0.3 is 5.97 Å². The number of carbonyl (C=O) groups is 1. The molecule has 1 fully saturated rings. The lowest BCUT2D eigenvalue weighted by atomic mass is 10.1. The van der Waals surface area contributed by atoms with Crippen molar-refractivity contribution in [3.05, 3.63) is 42.0 Å². The van der Waals surface area contributed by atoms with Crippen LogP contribution in [0, 0.1) is 5.92 Å². The van der Waals surface area contributed by atoms with E-state index in [0.717, 1.165) is 5.56 Å². The molecule has 0 spiro atoms. The van der Waals surface area contributed by atoms with Gasteiger partial charge in [-0.1, -0.05) is 42.5 Å². The Kier molecular flexibility index (Phi) is 3.29. The number of ether oxygens (including phenoxy) is 2. The van der Waals surface area contributed by atoms with Gasteiger partial charge in [-0.2, -0.15) is 0 Å². The van der Waals surface area contributed by atoms with E-state index in [2.05, 4.69) is 0 Å². The van der Waals surface area contributed by atoms with Crippen LogP contribution in [0.3, 0.4) is 0 Å². The SMILES string of the molecule is COC(=O)[C@H]1C[C@@]1(/C=C/c1ccccc1)OC. The van der Waals surface area contributed by atoms with Crippen molar-refractivity contribution in [1.29, 1.82) is 0 Å². The summed E-state index contributed by atoms with van der Waals surface area (Å²) in [7, 11) is 3.03. The molecule has 0 bridgehead atoms. The molecule has 1 saturated carbocycles. The summed E-state index contributed by atoms with van der Waals surface area (Å²) >= 11 is 0. The molecular formula is C14H16O3. The summed E-state index contributed by atoms with van der Waals surface area (Å²) in [5.41, 5.74) is 0.627. The van der Waals surface area contributed by atoms with Crippen LogP contribution in [0.25, 0.3) is 6.08 Å². The molecule has 17 heavy (non-hydrogen) atoms. The zero-order valence-corrected chi connectivity index (χ0v) is 10.1. The number of methoxy groups -OCH3 is 2. The molecule has 0 saturated heterocycles. The van der Waals surface area contributed by atoms with Crippen LogP contribution >= 0.6 is 0 Å². The first-order chi connectivity index (χ1) is 8.22. The molecule has 90 valence electrons. The molecule has 2 atom stereocenters. The van der Waals surface area contributed by atoms with E-state index in [1.165, 1.54) is 7.11 Å². The maximum absolute atomic E-state index is 11.4. The highest BCUT2D eigenvalue weighted by atomic mass is 16.5. The Bertz CT molecular complexity index is 424. The molecule has 0 radical (unpaired) electrons. The van der Waals surface area contributed by atoms with Crippen LogP contribution in [0.15, 0.2) is 36.4 Å². The lowest BCUT2D eigenvalue weighted by Gasteiger charge is -2.09. The van der Waals surface area contributed by atoms with Crippen LogP contribution in [-0.4, -0.2) is 25.8 Å². The van der Waals surface area contributed by atoms with Gasteiger partial charge in [-0.25, -0.2) is 0 Å². The molecule has 2 rings (SSSR count). The monoisotopic (exact) mass is 232 g/mol. The third-order valence-electron chi connectivity index (χ3n) is 3.18. The molecule has 0 amide bonds. The number of rotatable bonds is 4. The normalized spacial score (nSPS) is 27.1. The van der Waals surface area contributed by atoms with E-state index >= 15 is 0 Å². The summed E-state index contributed by atoms with van der Waals surface area (Å²) in [6.45, 7) is 0. The van der Waals surface area contributed by atoms with Crippen LogP contribution in [0.4, 0.5) is 0 Å². The first kappa shape index (κ1) is 11.9. The summed E-state index contributed by atoms with van der Waals surface area (Å²) in [4.78, 5) is 11.4. The Morgan fingerprint density at radius 3 is 2.65 bits per heavy atom. The van der Waals surface area contributed by atoms with E-state index in [-0.39, 0.29) is 11.9 Å². The fraction of sp³-hybridized carbons (Fsp3) is 0.357. The largest absolute Gasteiger partial charge is 0.469 e. The molecule has 0 aliphatic heterocycles. The number of benzene rings is 1. The first-order valence-electron chi connectivity index (χ1n) is 5.59. The van der Waals surface area contributed by atoms with E-state index in [0.29, 0.717) is 6.42 Å². The lowest BCUT2D eigenvalue weighted by Crippen LogP contribution is -2.17. The third kappa shape index (κ3) is 2.39. The minimum atomic E-state index is -0.469. The Morgan fingerprint density at radius 2 is 2.06 bits per heavy atom. The molecule has 3 nitrogen and oxygen atoms in total. The van der Waals surface area contributed by atoms with Crippen molar-refractivity contribution in [2.24, 2.45) is 5.92 Å². The fourth-order valence-corrected chi connectivity index (χ4v) is 1.96. The van der Waals surface area contributed by atoms with Crippen molar-refractivity contribution in [2.75, 3.05) is 14.2 Å². The average Bonchev–Trinajstić information content (AvgIpc) is 3.12. The van der Waals surface area contributed by atoms with E-state index in [1.807, 2.05) is 42.5 Å². The molecule has 1 aliphatic carbocycles. The van der Waals surface area contributed by atoms with Gasteiger partial charge in [0.05, 0.1) is 13.0 Å². The van der Waals surface area contributed by atoms with Gasteiger partial charge in [0.1, 0.15) is 5.60 Å². The van der Waals surface area contributed by atoms with Gasteiger partial charge in [-0.15, -0.1) is 0 Å². The average molecular weight is 232 g/mol. The Labute approximate surface area is 101 Å². The molecule has 1 aromatic rings. The van der Waals surface area contributed by atoms with Gasteiger partial charge in [-0.05, 0) is 12.0 Å². The highest BCUT2D eigenvalue weighted by Gasteiger charge is 2.58. The van der Waals surface area contributed by atoms with Crippen LogP contribution in [0.1, 0.15) is 12.0 Å². The fourth-order valence-electron chi connectivity index (χ4n) is 1.96. The minimum Gasteiger partial charge on any atom is -0.469 e. The molecular weight excluding hydrogens is 216 g/mol. The highest BCUT2D eigenvalue weighted by molar-refractivity contribution is 5.79. The Balaban J connectivity index is 2.08. The predicted octanol–water partition coefficient (Wildman–Crippen LogP) is 2.28. The molecule has 1 aromatic carbocycles. The second-order valence-corrected chi connectivity index (χ2v) is 4.18. The van der Waals surface area contributed by atoms with Gasteiger partial charge in [0.2, 0.25) is 0 Å². The number of carbonyl (C=O) groups excluding carboxylic acids is 1. The standard InChI is InChI=1S/C14H16O3/c1-16-13(15)12-10-14(12,17-2)9-8-11-6-4-3-5-7-11/h3-9,12H,10H2,1-2H3/b9-8+/t12-,14-/m1/s1. The van der Waals surface area contributed by atoms with E-state index < -0.39 is 5.60 Å². The number of hydrogen-bond donors (Lipinski definition) is 0. The Hall–Kier alpha value is -1.61. The molecule has 0 N–H and O–H groups in total. The Morgan fingerprint density at radius 1 is 1.35 bits per heavy atom. The number of hydrogen-bond acceptors (Lipinski definition) is 3. The van der Waals surface area contributed by atoms with Gasteiger partial charge in [-0.3, -0.25) is 4.79 Å². The van der Waals surface area contributed by atoms with E-state index in [4.69, 9.17) is 9.47 Å². The van der Waals surface area contributed by atoms with Crippen LogP contribution in [-0.2, 0) is 14.3 Å². The van der Waals surface area contributed by atoms with Crippen LogP contribution in [0.5, 0.6) is 0 Å². The predicted molar refractivity (Wildman–Crippen MR) is 65.3 cm³/mol. The second kappa shape index (κ2) is 4.72. The summed E-state index contributed by atoms with van der Waals surface area (Å²) in [6, 6.07) is 9.94. The molecule has 0 unspecified atom stereocenters. The zero-order chi connectivity index (χ0) is 12.3. The van der Waals surface area contributed by atoms with Crippen molar-refractivity contribution in [3.8, 4) is 0 Å². The summed E-state index contributed by atoms with van der Waals surface area (Å²) in [6.07, 6.45) is 4.62. The maximum atomic E-state index is 11.4. The highest BCUT2D eigenvalue weighted by Crippen LogP contribution is 2.48. The molecule has 1 aliphatic rings. The second-order valence-electron chi connectivity index (χ2n) is 4.18.